The largest absolute Gasteiger partial charge is 0.398 e. The van der Waals surface area contributed by atoms with E-state index in [1.54, 1.807) is 4.68 Å². The molecule has 2 heterocycles. The van der Waals surface area contributed by atoms with Crippen molar-refractivity contribution < 1.29 is 4.79 Å². The second-order valence-corrected chi connectivity index (χ2v) is 5.58. The Labute approximate surface area is 124 Å². The summed E-state index contributed by atoms with van der Waals surface area (Å²) in [4.78, 5) is 14.5. The summed E-state index contributed by atoms with van der Waals surface area (Å²) in [6.07, 6.45) is 1.88. The molecule has 0 saturated carbocycles. The minimum Gasteiger partial charge on any atom is -0.398 e. The smallest absolute Gasteiger partial charge is 0.248 e. The number of hydrogen-bond acceptors (Lipinski definition) is 3. The Balaban J connectivity index is 1.87. The van der Waals surface area contributed by atoms with Gasteiger partial charge in [-0.25, -0.2) is 0 Å². The summed E-state index contributed by atoms with van der Waals surface area (Å²) in [6.45, 7) is 4.92. The third kappa shape index (κ3) is 2.51. The predicted molar refractivity (Wildman–Crippen MR) is 83.2 cm³/mol. The maximum atomic E-state index is 12.6. The quantitative estimate of drug-likeness (QED) is 0.859. The summed E-state index contributed by atoms with van der Waals surface area (Å²) >= 11 is 0. The van der Waals surface area contributed by atoms with Gasteiger partial charge in [0.15, 0.2) is 0 Å². The molecule has 1 aliphatic rings. The minimum absolute atomic E-state index is 0.0627. The van der Waals surface area contributed by atoms with Crippen molar-refractivity contribution in [2.45, 2.75) is 33.2 Å². The number of carbonyl (C=O) groups is 1. The van der Waals surface area contributed by atoms with Crippen molar-refractivity contribution in [3.63, 3.8) is 0 Å². The predicted octanol–water partition coefficient (Wildman–Crippen LogP) is 2.06. The number of amides is 1. The van der Waals surface area contributed by atoms with Crippen LogP contribution in [-0.4, -0.2) is 22.2 Å². The Kier molecular flexibility index (Phi) is 3.41. The first-order valence-electron chi connectivity index (χ1n) is 7.25. The van der Waals surface area contributed by atoms with Gasteiger partial charge >= 0.3 is 0 Å². The van der Waals surface area contributed by atoms with Crippen LogP contribution in [0.1, 0.15) is 23.4 Å². The number of nitrogen functional groups attached to an aromatic ring is 1. The van der Waals surface area contributed by atoms with E-state index in [9.17, 15) is 4.79 Å². The highest BCUT2D eigenvalue weighted by Crippen LogP contribution is 2.31. The highest BCUT2D eigenvalue weighted by Gasteiger charge is 2.24. The fourth-order valence-corrected chi connectivity index (χ4v) is 2.96. The molecule has 0 spiro atoms. The number of benzene rings is 1. The van der Waals surface area contributed by atoms with Gasteiger partial charge in [0, 0.05) is 23.6 Å². The molecule has 2 N–H and O–H groups in total. The van der Waals surface area contributed by atoms with E-state index < -0.39 is 0 Å². The van der Waals surface area contributed by atoms with Crippen molar-refractivity contribution in [1.29, 1.82) is 0 Å². The van der Waals surface area contributed by atoms with E-state index in [2.05, 4.69) is 5.10 Å². The summed E-state index contributed by atoms with van der Waals surface area (Å²) in [5, 5.41) is 4.36. The Bertz CT molecular complexity index is 690. The van der Waals surface area contributed by atoms with Crippen LogP contribution in [0.15, 0.2) is 24.3 Å². The zero-order valence-corrected chi connectivity index (χ0v) is 12.5. The number of hydrogen-bond donors (Lipinski definition) is 1. The highest BCUT2D eigenvalue weighted by atomic mass is 16.2. The SMILES string of the molecule is Cc1cc(C)n(CC(=O)N2CCCc3c(N)cccc32)n1. The van der Waals surface area contributed by atoms with Crippen molar-refractivity contribution in [3.8, 4) is 0 Å². The Morgan fingerprint density at radius 3 is 2.90 bits per heavy atom. The number of rotatable bonds is 2. The molecule has 21 heavy (non-hydrogen) atoms. The van der Waals surface area contributed by atoms with E-state index in [-0.39, 0.29) is 12.5 Å². The molecule has 5 nitrogen and oxygen atoms in total. The molecule has 0 radical (unpaired) electrons. The number of nitrogens with two attached hydrogens (primary N) is 1. The van der Waals surface area contributed by atoms with Crippen molar-refractivity contribution in [3.05, 3.63) is 41.2 Å². The molecule has 110 valence electrons. The van der Waals surface area contributed by atoms with Gasteiger partial charge in [0.1, 0.15) is 6.54 Å². The lowest BCUT2D eigenvalue weighted by atomic mass is 10.00. The van der Waals surface area contributed by atoms with E-state index >= 15 is 0 Å². The number of fused-ring (bicyclic) bond motifs is 1. The monoisotopic (exact) mass is 284 g/mol. The molecule has 0 bridgehead atoms. The summed E-state index contributed by atoms with van der Waals surface area (Å²) in [5.74, 6) is 0.0627. The number of nitrogens with zero attached hydrogens (tertiary/aromatic N) is 3. The first-order valence-corrected chi connectivity index (χ1v) is 7.25. The second-order valence-electron chi connectivity index (χ2n) is 5.58. The average Bonchev–Trinajstić information content (AvgIpc) is 2.76. The van der Waals surface area contributed by atoms with Crippen molar-refractivity contribution >= 4 is 17.3 Å². The number of aryl methyl sites for hydroxylation is 2. The van der Waals surface area contributed by atoms with Crippen LogP contribution in [0.3, 0.4) is 0 Å². The molecular formula is C16H20N4O. The first-order chi connectivity index (χ1) is 10.1. The molecular weight excluding hydrogens is 264 g/mol. The fraction of sp³-hybridized carbons (Fsp3) is 0.375. The normalized spacial score (nSPS) is 14.1. The first kappa shape index (κ1) is 13.7. The topological polar surface area (TPSA) is 64.2 Å². The van der Waals surface area contributed by atoms with Crippen molar-refractivity contribution in [2.24, 2.45) is 0 Å². The average molecular weight is 284 g/mol. The molecule has 1 amide bonds. The van der Waals surface area contributed by atoms with Gasteiger partial charge < -0.3 is 10.6 Å². The van der Waals surface area contributed by atoms with Crippen molar-refractivity contribution in [2.75, 3.05) is 17.2 Å². The third-order valence-electron chi connectivity index (χ3n) is 3.98. The van der Waals surface area contributed by atoms with E-state index in [0.29, 0.717) is 0 Å². The Morgan fingerprint density at radius 2 is 2.19 bits per heavy atom. The van der Waals surface area contributed by atoms with E-state index in [1.807, 2.05) is 43.0 Å². The summed E-state index contributed by atoms with van der Waals surface area (Å²) in [5.41, 5.74) is 10.8. The van der Waals surface area contributed by atoms with Crippen LogP contribution < -0.4 is 10.6 Å². The van der Waals surface area contributed by atoms with Crippen LogP contribution in [0.2, 0.25) is 0 Å². The van der Waals surface area contributed by atoms with Crippen molar-refractivity contribution in [1.82, 2.24) is 9.78 Å². The summed E-state index contributed by atoms with van der Waals surface area (Å²) in [7, 11) is 0. The maximum absolute atomic E-state index is 12.6. The molecule has 0 aliphatic carbocycles. The highest BCUT2D eigenvalue weighted by molar-refractivity contribution is 5.95. The van der Waals surface area contributed by atoms with Crippen LogP contribution in [0.5, 0.6) is 0 Å². The maximum Gasteiger partial charge on any atom is 0.248 e. The number of carbonyl (C=O) groups excluding carboxylic acids is 1. The molecule has 1 aliphatic heterocycles. The van der Waals surface area contributed by atoms with E-state index in [4.69, 9.17) is 5.73 Å². The molecule has 1 aromatic heterocycles. The minimum atomic E-state index is 0.0627. The summed E-state index contributed by atoms with van der Waals surface area (Å²) in [6, 6.07) is 7.76. The van der Waals surface area contributed by atoms with Gasteiger partial charge in [-0.1, -0.05) is 6.07 Å². The lowest BCUT2D eigenvalue weighted by Crippen LogP contribution is -2.38. The van der Waals surface area contributed by atoms with Crippen LogP contribution in [0.25, 0.3) is 0 Å². The Hall–Kier alpha value is -2.30. The standard InChI is InChI=1S/C16H20N4O/c1-11-9-12(2)20(18-11)10-16(21)19-8-4-5-13-14(17)6-3-7-15(13)19/h3,6-7,9H,4-5,8,10,17H2,1-2H3. The summed E-state index contributed by atoms with van der Waals surface area (Å²) < 4.78 is 1.76. The van der Waals surface area contributed by atoms with Crippen LogP contribution in [0, 0.1) is 13.8 Å². The van der Waals surface area contributed by atoms with Gasteiger partial charge in [-0.05, 0) is 50.5 Å². The fourth-order valence-electron chi connectivity index (χ4n) is 2.96. The zero-order valence-electron chi connectivity index (χ0n) is 12.5. The van der Waals surface area contributed by atoms with Crippen LogP contribution in [-0.2, 0) is 17.8 Å². The molecule has 3 rings (SSSR count). The molecule has 0 fully saturated rings. The van der Waals surface area contributed by atoms with Gasteiger partial charge in [-0.2, -0.15) is 5.10 Å². The third-order valence-corrected chi connectivity index (χ3v) is 3.98. The lowest BCUT2D eigenvalue weighted by molar-refractivity contribution is -0.119. The van der Waals surface area contributed by atoms with Gasteiger partial charge in [0.05, 0.1) is 5.69 Å². The molecule has 5 heteroatoms. The Morgan fingerprint density at radius 1 is 1.38 bits per heavy atom. The van der Waals surface area contributed by atoms with Gasteiger partial charge in [0.25, 0.3) is 0 Å². The zero-order chi connectivity index (χ0) is 15.0. The molecule has 0 atom stereocenters. The number of anilines is 2. The van der Waals surface area contributed by atoms with Gasteiger partial charge in [0.2, 0.25) is 5.91 Å². The molecule has 0 unspecified atom stereocenters. The molecule has 2 aromatic rings. The van der Waals surface area contributed by atoms with Crippen LogP contribution >= 0.6 is 0 Å². The number of aromatic nitrogens is 2. The van der Waals surface area contributed by atoms with Gasteiger partial charge in [-0.15, -0.1) is 0 Å². The van der Waals surface area contributed by atoms with Gasteiger partial charge in [-0.3, -0.25) is 9.48 Å². The second kappa shape index (κ2) is 5.24. The molecule has 1 aromatic carbocycles. The molecule has 0 saturated heterocycles. The lowest BCUT2D eigenvalue weighted by Gasteiger charge is -2.30. The van der Waals surface area contributed by atoms with E-state index in [0.717, 1.165) is 47.7 Å². The van der Waals surface area contributed by atoms with E-state index in [1.165, 1.54) is 0 Å². The van der Waals surface area contributed by atoms with Crippen LogP contribution in [0.4, 0.5) is 11.4 Å².